The Hall–Kier alpha value is -1.76. The highest BCUT2D eigenvalue weighted by Gasteiger charge is 2.14. The summed E-state index contributed by atoms with van der Waals surface area (Å²) in [6.07, 6.45) is 2.45. The van der Waals surface area contributed by atoms with Crippen molar-refractivity contribution in [1.29, 1.82) is 0 Å². The van der Waals surface area contributed by atoms with Crippen LogP contribution in [0.3, 0.4) is 0 Å². The molecule has 2 rings (SSSR count). The zero-order chi connectivity index (χ0) is 15.3. The summed E-state index contributed by atoms with van der Waals surface area (Å²) in [6, 6.07) is 9.91. The van der Waals surface area contributed by atoms with Crippen molar-refractivity contribution in [2.75, 3.05) is 0 Å². The first-order valence-corrected chi connectivity index (χ1v) is 8.17. The molecule has 0 aliphatic carbocycles. The predicted octanol–water partition coefficient (Wildman–Crippen LogP) is 1.61. The number of benzene rings is 1. The van der Waals surface area contributed by atoms with Crippen LogP contribution in [0.1, 0.15) is 23.7 Å². The molecule has 2 aromatic rings. The van der Waals surface area contributed by atoms with E-state index in [1.807, 2.05) is 19.1 Å². The summed E-state index contributed by atoms with van der Waals surface area (Å²) in [7, 11) is -3.58. The van der Waals surface area contributed by atoms with Crippen LogP contribution in [0, 0.1) is 0 Å². The van der Waals surface area contributed by atoms with Crippen molar-refractivity contribution >= 4 is 10.0 Å². The number of aromatic nitrogens is 1. The molecule has 0 aliphatic heterocycles. The van der Waals surface area contributed by atoms with E-state index in [9.17, 15) is 8.42 Å². The van der Waals surface area contributed by atoms with Crippen molar-refractivity contribution in [3.63, 3.8) is 0 Å². The van der Waals surface area contributed by atoms with Gasteiger partial charge in [0.15, 0.2) is 0 Å². The number of pyridine rings is 1. The Morgan fingerprint density at radius 3 is 2.52 bits per heavy atom. The molecular formula is C15H18N2O3S. The molecule has 0 atom stereocenters. The van der Waals surface area contributed by atoms with Crippen LogP contribution in [0.25, 0.3) is 0 Å². The molecule has 0 unspecified atom stereocenters. The molecule has 0 bridgehead atoms. The fraction of sp³-hybridized carbons (Fsp3) is 0.267. The van der Waals surface area contributed by atoms with Crippen LogP contribution in [0.15, 0.2) is 47.5 Å². The fourth-order valence-corrected chi connectivity index (χ4v) is 2.96. The second-order valence-electron chi connectivity index (χ2n) is 4.59. The molecule has 2 N–H and O–H groups in total. The zero-order valence-electron chi connectivity index (χ0n) is 11.8. The molecule has 0 amide bonds. The smallest absolute Gasteiger partial charge is 0.240 e. The summed E-state index contributed by atoms with van der Waals surface area (Å²) in [4.78, 5) is 4.39. The van der Waals surface area contributed by atoms with Crippen LogP contribution < -0.4 is 4.72 Å². The number of aliphatic hydroxyl groups is 1. The van der Waals surface area contributed by atoms with E-state index in [0.29, 0.717) is 5.56 Å². The molecule has 0 fully saturated rings. The van der Waals surface area contributed by atoms with Gasteiger partial charge in [-0.3, -0.25) is 4.98 Å². The number of nitrogens with zero attached hydrogens (tertiary/aromatic N) is 1. The average Bonchev–Trinajstić information content (AvgIpc) is 2.53. The Balaban J connectivity index is 2.13. The first-order valence-electron chi connectivity index (χ1n) is 6.69. The van der Waals surface area contributed by atoms with Crippen molar-refractivity contribution in [2.24, 2.45) is 0 Å². The number of rotatable bonds is 6. The quantitative estimate of drug-likeness (QED) is 0.850. The number of aryl methyl sites for hydroxylation is 1. The van der Waals surface area contributed by atoms with Crippen molar-refractivity contribution in [1.82, 2.24) is 9.71 Å². The highest BCUT2D eigenvalue weighted by Crippen LogP contribution is 2.12. The second-order valence-corrected chi connectivity index (χ2v) is 6.36. The summed E-state index contributed by atoms with van der Waals surface area (Å²) in [5, 5.41) is 8.97. The van der Waals surface area contributed by atoms with E-state index in [0.717, 1.165) is 17.7 Å². The molecule has 0 spiro atoms. The van der Waals surface area contributed by atoms with Gasteiger partial charge in [-0.25, -0.2) is 13.1 Å². The van der Waals surface area contributed by atoms with Crippen molar-refractivity contribution < 1.29 is 13.5 Å². The lowest BCUT2D eigenvalue weighted by Gasteiger charge is -2.09. The first-order chi connectivity index (χ1) is 10.1. The minimum absolute atomic E-state index is 0.110. The summed E-state index contributed by atoms with van der Waals surface area (Å²) in [6.45, 7) is 2.05. The van der Waals surface area contributed by atoms with Gasteiger partial charge in [-0.2, -0.15) is 0 Å². The third-order valence-corrected chi connectivity index (χ3v) is 4.63. The molecule has 21 heavy (non-hydrogen) atoms. The summed E-state index contributed by atoms with van der Waals surface area (Å²) in [5.74, 6) is 0. The summed E-state index contributed by atoms with van der Waals surface area (Å²) in [5.41, 5.74) is 2.43. The van der Waals surface area contributed by atoms with E-state index in [2.05, 4.69) is 9.71 Å². The Bertz CT molecular complexity index is 697. The fourth-order valence-electron chi connectivity index (χ4n) is 1.97. The van der Waals surface area contributed by atoms with E-state index >= 15 is 0 Å². The van der Waals surface area contributed by atoms with Gasteiger partial charge in [0.2, 0.25) is 10.0 Å². The lowest BCUT2D eigenvalue weighted by Crippen LogP contribution is -2.24. The molecule has 0 aliphatic rings. The van der Waals surface area contributed by atoms with E-state index in [4.69, 9.17) is 5.11 Å². The number of hydrogen-bond donors (Lipinski definition) is 2. The Kier molecular flexibility index (Phi) is 5.06. The molecule has 0 saturated heterocycles. The maximum atomic E-state index is 12.2. The van der Waals surface area contributed by atoms with Gasteiger partial charge in [-0.15, -0.1) is 0 Å². The van der Waals surface area contributed by atoms with E-state index in [1.165, 1.54) is 12.1 Å². The topological polar surface area (TPSA) is 79.3 Å². The van der Waals surface area contributed by atoms with E-state index < -0.39 is 10.0 Å². The number of hydrogen-bond acceptors (Lipinski definition) is 4. The Morgan fingerprint density at radius 2 is 1.90 bits per heavy atom. The van der Waals surface area contributed by atoms with Gasteiger partial charge < -0.3 is 5.11 Å². The predicted molar refractivity (Wildman–Crippen MR) is 80.0 cm³/mol. The minimum atomic E-state index is -3.58. The van der Waals surface area contributed by atoms with Crippen molar-refractivity contribution in [3.05, 3.63) is 59.4 Å². The van der Waals surface area contributed by atoms with Gasteiger partial charge in [0, 0.05) is 6.20 Å². The number of sulfonamides is 1. The number of aliphatic hydroxyl groups excluding tert-OH is 1. The summed E-state index contributed by atoms with van der Waals surface area (Å²) < 4.78 is 27.0. The van der Waals surface area contributed by atoms with Crippen LogP contribution in [0.5, 0.6) is 0 Å². The molecule has 1 aromatic carbocycles. The maximum Gasteiger partial charge on any atom is 0.240 e. The van der Waals surface area contributed by atoms with Gasteiger partial charge in [0.25, 0.3) is 0 Å². The second kappa shape index (κ2) is 6.80. The van der Waals surface area contributed by atoms with E-state index in [-0.39, 0.29) is 18.0 Å². The van der Waals surface area contributed by atoms with Crippen LogP contribution in [0.2, 0.25) is 0 Å². The Morgan fingerprint density at radius 1 is 1.19 bits per heavy atom. The molecule has 6 heteroatoms. The highest BCUT2D eigenvalue weighted by molar-refractivity contribution is 7.89. The monoisotopic (exact) mass is 306 g/mol. The normalized spacial score (nSPS) is 11.5. The lowest BCUT2D eigenvalue weighted by molar-refractivity contribution is 0.282. The van der Waals surface area contributed by atoms with Gasteiger partial charge in [-0.05, 0) is 35.7 Å². The van der Waals surface area contributed by atoms with Crippen molar-refractivity contribution in [3.8, 4) is 0 Å². The maximum absolute atomic E-state index is 12.2. The molecule has 112 valence electrons. The third kappa shape index (κ3) is 3.87. The van der Waals surface area contributed by atoms with Crippen LogP contribution in [-0.2, 0) is 29.6 Å². The SMILES string of the molecule is CCc1cccnc1CNS(=O)(=O)c1ccc(CO)cc1. The molecule has 1 heterocycles. The van der Waals surface area contributed by atoms with Crippen LogP contribution >= 0.6 is 0 Å². The molecule has 1 aromatic heterocycles. The molecule has 5 nitrogen and oxygen atoms in total. The lowest BCUT2D eigenvalue weighted by atomic mass is 10.1. The van der Waals surface area contributed by atoms with Gasteiger partial charge in [0.05, 0.1) is 23.7 Å². The van der Waals surface area contributed by atoms with E-state index in [1.54, 1.807) is 18.3 Å². The standard InChI is InChI=1S/C15H18N2O3S/c1-2-13-4-3-9-16-15(13)10-17-21(19,20)14-7-5-12(11-18)6-8-14/h3-9,17-18H,2,10-11H2,1H3. The number of nitrogens with one attached hydrogen (secondary N) is 1. The van der Waals surface area contributed by atoms with Crippen LogP contribution in [0.4, 0.5) is 0 Å². The first kappa shape index (κ1) is 15.6. The Labute approximate surface area is 124 Å². The van der Waals surface area contributed by atoms with Gasteiger partial charge >= 0.3 is 0 Å². The third-order valence-electron chi connectivity index (χ3n) is 3.21. The highest BCUT2D eigenvalue weighted by atomic mass is 32.2. The van der Waals surface area contributed by atoms with Crippen LogP contribution in [-0.4, -0.2) is 18.5 Å². The largest absolute Gasteiger partial charge is 0.392 e. The van der Waals surface area contributed by atoms with Gasteiger partial charge in [0.1, 0.15) is 0 Å². The van der Waals surface area contributed by atoms with Gasteiger partial charge in [-0.1, -0.05) is 25.1 Å². The molecule has 0 radical (unpaired) electrons. The van der Waals surface area contributed by atoms with Crippen molar-refractivity contribution in [2.45, 2.75) is 31.4 Å². The molecular weight excluding hydrogens is 288 g/mol. The molecule has 0 saturated carbocycles. The minimum Gasteiger partial charge on any atom is -0.392 e. The summed E-state index contributed by atoms with van der Waals surface area (Å²) >= 11 is 0. The zero-order valence-corrected chi connectivity index (χ0v) is 12.6. The average molecular weight is 306 g/mol.